The Morgan fingerprint density at radius 2 is 1.66 bits per heavy atom. The Labute approximate surface area is 217 Å². The molecule has 2 aromatic carbocycles. The second-order valence-electron chi connectivity index (χ2n) is 9.88. The number of hydrogen-bond donors (Lipinski definition) is 2. The van der Waals surface area contributed by atoms with Gasteiger partial charge < -0.3 is 10.4 Å². The number of aliphatic carboxylic acids is 1. The highest BCUT2D eigenvalue weighted by Crippen LogP contribution is 2.42. The Hall–Kier alpha value is -2.57. The predicted octanol–water partition coefficient (Wildman–Crippen LogP) is 7.78. The molecule has 1 atom stereocenters. The summed E-state index contributed by atoms with van der Waals surface area (Å²) in [5.74, 6) is -1.13. The van der Waals surface area contributed by atoms with Crippen molar-refractivity contribution in [2.75, 3.05) is 6.54 Å². The van der Waals surface area contributed by atoms with Gasteiger partial charge in [0.15, 0.2) is 0 Å². The van der Waals surface area contributed by atoms with E-state index in [0.717, 1.165) is 11.3 Å². The van der Waals surface area contributed by atoms with Crippen LogP contribution in [0.5, 0.6) is 0 Å². The molecule has 0 unspecified atom stereocenters. The minimum Gasteiger partial charge on any atom is -0.481 e. The van der Waals surface area contributed by atoms with Gasteiger partial charge in [0.2, 0.25) is 0 Å². The smallest absolute Gasteiger partial charge is 0.305 e. The van der Waals surface area contributed by atoms with Crippen LogP contribution in [0.25, 0.3) is 11.1 Å². The number of carbonyl (C=O) groups excluding carboxylic acids is 1. The van der Waals surface area contributed by atoms with Crippen molar-refractivity contribution in [2.24, 2.45) is 0 Å². The Balaban J connectivity index is 1.76. The molecule has 1 heterocycles. The molecule has 3 aromatic rings. The second-order valence-corrected chi connectivity index (χ2v) is 12.3. The third-order valence-corrected chi connectivity index (χ3v) is 8.71. The number of amides is 1. The van der Waals surface area contributed by atoms with Crippen LogP contribution in [0.15, 0.2) is 53.4 Å². The van der Waals surface area contributed by atoms with Gasteiger partial charge in [0.05, 0.1) is 11.3 Å². The lowest BCUT2D eigenvalue weighted by atomic mass is 9.85. The lowest BCUT2D eigenvalue weighted by Gasteiger charge is -2.20. The first-order valence-electron chi connectivity index (χ1n) is 12.0. The summed E-state index contributed by atoms with van der Waals surface area (Å²) in [5.41, 5.74) is 6.53. The van der Waals surface area contributed by atoms with Crippen LogP contribution in [-0.4, -0.2) is 23.5 Å². The Morgan fingerprint density at radius 1 is 1.03 bits per heavy atom. The molecule has 6 heteroatoms. The van der Waals surface area contributed by atoms with Gasteiger partial charge >= 0.3 is 5.97 Å². The molecular formula is C29H35NO3S2. The van der Waals surface area contributed by atoms with E-state index in [9.17, 15) is 9.59 Å². The summed E-state index contributed by atoms with van der Waals surface area (Å²) in [6, 6.07) is 17.3. The maximum Gasteiger partial charge on any atom is 0.305 e. The molecule has 3 rings (SSSR count). The summed E-state index contributed by atoms with van der Waals surface area (Å²) < 4.78 is 0. The van der Waals surface area contributed by atoms with Crippen LogP contribution in [0.1, 0.15) is 77.0 Å². The van der Waals surface area contributed by atoms with Crippen molar-refractivity contribution in [1.29, 1.82) is 0 Å². The number of carboxylic acids is 1. The number of carboxylic acid groups (broad SMARTS) is 1. The molecule has 35 heavy (non-hydrogen) atoms. The van der Waals surface area contributed by atoms with Crippen LogP contribution in [0, 0.1) is 13.8 Å². The number of benzene rings is 2. The number of rotatable bonds is 9. The Morgan fingerprint density at radius 3 is 2.20 bits per heavy atom. The van der Waals surface area contributed by atoms with E-state index < -0.39 is 5.97 Å². The van der Waals surface area contributed by atoms with Crippen LogP contribution in [-0.2, 0) is 10.2 Å². The van der Waals surface area contributed by atoms with Crippen LogP contribution in [0.2, 0.25) is 0 Å². The summed E-state index contributed by atoms with van der Waals surface area (Å²) in [6.07, 6.45) is 0.867. The van der Waals surface area contributed by atoms with Gasteiger partial charge in [0, 0.05) is 21.6 Å². The fourth-order valence-corrected chi connectivity index (χ4v) is 6.57. The summed E-state index contributed by atoms with van der Waals surface area (Å²) in [4.78, 5) is 26.0. The van der Waals surface area contributed by atoms with Crippen LogP contribution < -0.4 is 5.32 Å². The van der Waals surface area contributed by atoms with Crippen molar-refractivity contribution in [3.63, 3.8) is 0 Å². The SMILES string of the molecule is CC[C@@H](Sc1cc(C)c(-c2ccc(C(C)(C)C)cc2)c(C)c1)c1ccc(C(=O)NCCC(=O)O)s1. The first kappa shape index (κ1) is 27.0. The van der Waals surface area contributed by atoms with E-state index in [0.29, 0.717) is 4.88 Å². The molecule has 0 aliphatic heterocycles. The summed E-state index contributed by atoms with van der Waals surface area (Å²) >= 11 is 3.31. The van der Waals surface area contributed by atoms with Gasteiger partial charge in [-0.3, -0.25) is 9.59 Å². The van der Waals surface area contributed by atoms with Crippen molar-refractivity contribution in [1.82, 2.24) is 5.32 Å². The van der Waals surface area contributed by atoms with E-state index in [4.69, 9.17) is 5.11 Å². The van der Waals surface area contributed by atoms with Gasteiger partial charge in [0.1, 0.15) is 0 Å². The van der Waals surface area contributed by atoms with Crippen LogP contribution in [0.3, 0.4) is 0 Å². The van der Waals surface area contributed by atoms with Gasteiger partial charge in [-0.1, -0.05) is 52.0 Å². The third kappa shape index (κ3) is 6.98. The fraction of sp³-hybridized carbons (Fsp3) is 0.379. The number of aryl methyl sites for hydroxylation is 2. The van der Waals surface area contributed by atoms with Crippen molar-refractivity contribution in [3.8, 4) is 11.1 Å². The van der Waals surface area contributed by atoms with Crippen molar-refractivity contribution in [3.05, 3.63) is 75.0 Å². The first-order chi connectivity index (χ1) is 16.5. The summed E-state index contributed by atoms with van der Waals surface area (Å²) in [6.45, 7) is 13.4. The lowest BCUT2D eigenvalue weighted by Crippen LogP contribution is -2.25. The second kappa shape index (κ2) is 11.4. The zero-order valence-electron chi connectivity index (χ0n) is 21.4. The van der Waals surface area contributed by atoms with E-state index >= 15 is 0 Å². The van der Waals surface area contributed by atoms with Crippen molar-refractivity contribution >= 4 is 35.0 Å². The Kier molecular flexibility index (Phi) is 8.84. The fourth-order valence-electron chi connectivity index (χ4n) is 4.11. The van der Waals surface area contributed by atoms with Gasteiger partial charge in [-0.25, -0.2) is 0 Å². The van der Waals surface area contributed by atoms with E-state index in [1.54, 1.807) is 0 Å². The Bertz CT molecular complexity index is 1170. The molecular weight excluding hydrogens is 474 g/mol. The highest BCUT2D eigenvalue weighted by molar-refractivity contribution is 7.99. The quantitative estimate of drug-likeness (QED) is 0.289. The standard InChI is InChI=1S/C29H35NO3S2/c1-7-23(24-12-13-25(35-24)28(33)30-15-14-26(31)32)34-22-16-18(2)27(19(3)17-22)20-8-10-21(11-9-20)29(4,5)6/h8-13,16-17,23H,7,14-15H2,1-6H3,(H,30,33)(H,31,32)/t23-/m1/s1. The van der Waals surface area contributed by atoms with E-state index in [2.05, 4.69) is 83.3 Å². The van der Waals surface area contributed by atoms with Gasteiger partial charge in [-0.2, -0.15) is 0 Å². The maximum absolute atomic E-state index is 12.3. The lowest BCUT2D eigenvalue weighted by molar-refractivity contribution is -0.136. The third-order valence-electron chi connectivity index (χ3n) is 5.99. The van der Waals surface area contributed by atoms with Crippen LogP contribution in [0.4, 0.5) is 0 Å². The molecule has 0 spiro atoms. The van der Waals surface area contributed by atoms with E-state index in [1.807, 2.05) is 23.9 Å². The van der Waals surface area contributed by atoms with E-state index in [-0.39, 0.29) is 29.5 Å². The number of carbonyl (C=O) groups is 2. The topological polar surface area (TPSA) is 66.4 Å². The van der Waals surface area contributed by atoms with Crippen molar-refractivity contribution < 1.29 is 14.7 Å². The number of nitrogens with one attached hydrogen (secondary N) is 1. The molecule has 0 aliphatic carbocycles. The number of thiophene rings is 1. The number of hydrogen-bond acceptors (Lipinski definition) is 4. The highest BCUT2D eigenvalue weighted by atomic mass is 32.2. The molecule has 4 nitrogen and oxygen atoms in total. The molecule has 0 saturated heterocycles. The molecule has 0 bridgehead atoms. The number of thioether (sulfide) groups is 1. The van der Waals surface area contributed by atoms with Crippen LogP contribution >= 0.6 is 23.1 Å². The zero-order chi connectivity index (χ0) is 25.8. The summed E-state index contributed by atoms with van der Waals surface area (Å²) in [5, 5.41) is 11.7. The van der Waals surface area contributed by atoms with Gasteiger partial charge in [-0.05, 0) is 77.8 Å². The molecule has 0 radical (unpaired) electrons. The van der Waals surface area contributed by atoms with Crippen molar-refractivity contribution in [2.45, 2.75) is 69.9 Å². The monoisotopic (exact) mass is 509 g/mol. The van der Waals surface area contributed by atoms with Gasteiger partial charge in [-0.15, -0.1) is 23.1 Å². The molecule has 1 amide bonds. The molecule has 2 N–H and O–H groups in total. The first-order valence-corrected chi connectivity index (χ1v) is 13.7. The average molecular weight is 510 g/mol. The molecule has 0 saturated carbocycles. The minimum atomic E-state index is -0.918. The average Bonchev–Trinajstić information content (AvgIpc) is 3.27. The predicted molar refractivity (Wildman–Crippen MR) is 148 cm³/mol. The summed E-state index contributed by atoms with van der Waals surface area (Å²) in [7, 11) is 0. The van der Waals surface area contributed by atoms with Gasteiger partial charge in [0.25, 0.3) is 5.91 Å². The molecule has 0 fully saturated rings. The van der Waals surface area contributed by atoms with E-state index in [1.165, 1.54) is 44.0 Å². The zero-order valence-corrected chi connectivity index (χ0v) is 23.0. The molecule has 186 valence electrons. The largest absolute Gasteiger partial charge is 0.481 e. The normalized spacial score (nSPS) is 12.4. The minimum absolute atomic E-state index is 0.0765. The maximum atomic E-state index is 12.3. The highest BCUT2D eigenvalue weighted by Gasteiger charge is 2.19. The molecule has 0 aliphatic rings. The molecule has 1 aromatic heterocycles.